The highest BCUT2D eigenvalue weighted by atomic mass is 19.1. The van der Waals surface area contributed by atoms with E-state index in [1.165, 1.54) is 17.7 Å². The van der Waals surface area contributed by atoms with Gasteiger partial charge in [0.25, 0.3) is 5.91 Å². The van der Waals surface area contributed by atoms with Gasteiger partial charge in [-0.3, -0.25) is 4.79 Å². The molecule has 0 fully saturated rings. The van der Waals surface area contributed by atoms with E-state index in [2.05, 4.69) is 26.0 Å². The number of rotatable bonds is 5. The highest BCUT2D eigenvalue weighted by Crippen LogP contribution is 2.44. The van der Waals surface area contributed by atoms with Crippen LogP contribution < -0.4 is 0 Å². The van der Waals surface area contributed by atoms with Crippen LogP contribution in [0.3, 0.4) is 0 Å². The third-order valence-corrected chi connectivity index (χ3v) is 5.85. The average Bonchev–Trinajstić information content (AvgIpc) is 3.01. The lowest BCUT2D eigenvalue weighted by atomic mass is 9.91. The summed E-state index contributed by atoms with van der Waals surface area (Å²) in [6.45, 7) is 6.55. The standard InChI is InChI=1S/C27H26FNO2/c1-17(2)20-10-12-22(13-11-20)25-24(21-8-4-18(3)5-9-21)26(30)27(31)29(25)16-19-6-14-23(28)15-7-19/h4-15,17,25,30H,16H2,1-3H3. The maximum Gasteiger partial charge on any atom is 0.290 e. The molecule has 0 saturated carbocycles. The molecule has 0 bridgehead atoms. The number of benzene rings is 3. The van der Waals surface area contributed by atoms with Crippen LogP contribution in [0.5, 0.6) is 0 Å². The van der Waals surface area contributed by atoms with Crippen molar-refractivity contribution in [2.24, 2.45) is 0 Å². The molecule has 0 aliphatic carbocycles. The number of nitrogens with zero attached hydrogens (tertiary/aromatic N) is 1. The van der Waals surface area contributed by atoms with Crippen LogP contribution in [0, 0.1) is 12.7 Å². The first-order valence-corrected chi connectivity index (χ1v) is 10.5. The maximum absolute atomic E-state index is 13.4. The van der Waals surface area contributed by atoms with E-state index in [-0.39, 0.29) is 18.1 Å². The topological polar surface area (TPSA) is 40.5 Å². The van der Waals surface area contributed by atoms with Gasteiger partial charge in [-0.25, -0.2) is 4.39 Å². The zero-order chi connectivity index (χ0) is 22.1. The van der Waals surface area contributed by atoms with E-state index in [0.717, 1.165) is 22.3 Å². The lowest BCUT2D eigenvalue weighted by Gasteiger charge is -2.28. The second kappa shape index (κ2) is 8.38. The first-order chi connectivity index (χ1) is 14.8. The van der Waals surface area contributed by atoms with Gasteiger partial charge in [0.1, 0.15) is 5.82 Å². The van der Waals surface area contributed by atoms with Gasteiger partial charge >= 0.3 is 0 Å². The van der Waals surface area contributed by atoms with E-state index in [4.69, 9.17) is 0 Å². The fourth-order valence-electron chi connectivity index (χ4n) is 4.04. The molecule has 4 heteroatoms. The number of aliphatic hydroxyl groups excluding tert-OH is 1. The first-order valence-electron chi connectivity index (χ1n) is 10.5. The van der Waals surface area contributed by atoms with Crippen LogP contribution in [-0.2, 0) is 11.3 Å². The second-order valence-corrected chi connectivity index (χ2v) is 8.41. The summed E-state index contributed by atoms with van der Waals surface area (Å²) in [6.07, 6.45) is 0. The minimum absolute atomic E-state index is 0.232. The fraction of sp³-hybridized carbons (Fsp3) is 0.222. The molecule has 3 aromatic rings. The van der Waals surface area contributed by atoms with Crippen molar-refractivity contribution in [3.8, 4) is 0 Å². The van der Waals surface area contributed by atoms with Crippen molar-refractivity contribution in [1.29, 1.82) is 0 Å². The molecule has 1 atom stereocenters. The van der Waals surface area contributed by atoms with Gasteiger partial charge in [-0.15, -0.1) is 0 Å². The van der Waals surface area contributed by atoms with E-state index in [1.807, 2.05) is 43.3 Å². The van der Waals surface area contributed by atoms with Crippen LogP contribution in [0.4, 0.5) is 4.39 Å². The maximum atomic E-state index is 13.4. The molecular weight excluding hydrogens is 389 g/mol. The summed E-state index contributed by atoms with van der Waals surface area (Å²) in [4.78, 5) is 14.8. The molecule has 3 aromatic carbocycles. The normalized spacial score (nSPS) is 16.5. The Balaban J connectivity index is 1.79. The fourth-order valence-corrected chi connectivity index (χ4v) is 4.04. The van der Waals surface area contributed by atoms with E-state index < -0.39 is 11.9 Å². The molecule has 1 amide bonds. The molecule has 1 unspecified atom stereocenters. The third kappa shape index (κ3) is 4.11. The van der Waals surface area contributed by atoms with Gasteiger partial charge in [-0.1, -0.05) is 80.1 Å². The van der Waals surface area contributed by atoms with Crippen LogP contribution in [0.25, 0.3) is 5.57 Å². The third-order valence-electron chi connectivity index (χ3n) is 5.85. The van der Waals surface area contributed by atoms with Crippen LogP contribution in [0.15, 0.2) is 78.6 Å². The summed E-state index contributed by atoms with van der Waals surface area (Å²) in [5.41, 5.74) is 5.47. The summed E-state index contributed by atoms with van der Waals surface area (Å²) in [7, 11) is 0. The van der Waals surface area contributed by atoms with Gasteiger partial charge in [-0.2, -0.15) is 0 Å². The molecule has 158 valence electrons. The van der Waals surface area contributed by atoms with Crippen LogP contribution in [0.2, 0.25) is 0 Å². The summed E-state index contributed by atoms with van der Waals surface area (Å²) < 4.78 is 13.4. The summed E-state index contributed by atoms with van der Waals surface area (Å²) in [5, 5.41) is 10.9. The molecule has 1 heterocycles. The Hall–Kier alpha value is -3.40. The Morgan fingerprint density at radius 2 is 1.55 bits per heavy atom. The van der Waals surface area contributed by atoms with Crippen molar-refractivity contribution in [2.45, 2.75) is 39.3 Å². The molecule has 0 saturated heterocycles. The van der Waals surface area contributed by atoms with Crippen LogP contribution in [0.1, 0.15) is 53.6 Å². The van der Waals surface area contributed by atoms with Gasteiger partial charge in [0.2, 0.25) is 0 Å². The van der Waals surface area contributed by atoms with Gasteiger partial charge < -0.3 is 10.0 Å². The van der Waals surface area contributed by atoms with Crippen molar-refractivity contribution in [3.05, 3.63) is 112 Å². The Morgan fingerprint density at radius 1 is 0.935 bits per heavy atom. The molecule has 0 radical (unpaired) electrons. The molecule has 4 rings (SSSR count). The smallest absolute Gasteiger partial charge is 0.290 e. The Bertz CT molecular complexity index is 1110. The largest absolute Gasteiger partial charge is 0.503 e. The molecule has 0 aromatic heterocycles. The van der Waals surface area contributed by atoms with Crippen molar-refractivity contribution >= 4 is 11.5 Å². The highest BCUT2D eigenvalue weighted by Gasteiger charge is 2.41. The van der Waals surface area contributed by atoms with E-state index in [0.29, 0.717) is 11.5 Å². The van der Waals surface area contributed by atoms with Gasteiger partial charge in [0.05, 0.1) is 6.04 Å². The number of halogens is 1. The lowest BCUT2D eigenvalue weighted by molar-refractivity contribution is -0.130. The average molecular weight is 416 g/mol. The molecule has 3 nitrogen and oxygen atoms in total. The number of carbonyl (C=O) groups excluding carboxylic acids is 1. The van der Waals surface area contributed by atoms with Gasteiger partial charge in [0.15, 0.2) is 5.76 Å². The zero-order valence-electron chi connectivity index (χ0n) is 18.0. The SMILES string of the molecule is Cc1ccc(C2=C(O)C(=O)N(Cc3ccc(F)cc3)C2c2ccc(C(C)C)cc2)cc1. The summed E-state index contributed by atoms with van der Waals surface area (Å²) in [6, 6.07) is 21.7. The predicted octanol–water partition coefficient (Wildman–Crippen LogP) is 6.31. The lowest BCUT2D eigenvalue weighted by Crippen LogP contribution is -2.29. The summed E-state index contributed by atoms with van der Waals surface area (Å²) in [5.74, 6) is -0.574. The number of aryl methyl sites for hydroxylation is 1. The van der Waals surface area contributed by atoms with Crippen molar-refractivity contribution in [3.63, 3.8) is 0 Å². The molecule has 1 aliphatic rings. The number of hydrogen-bond acceptors (Lipinski definition) is 2. The number of amides is 1. The number of hydrogen-bond donors (Lipinski definition) is 1. The predicted molar refractivity (Wildman–Crippen MR) is 121 cm³/mol. The van der Waals surface area contributed by atoms with Crippen molar-refractivity contribution in [1.82, 2.24) is 4.90 Å². The number of carbonyl (C=O) groups is 1. The molecule has 31 heavy (non-hydrogen) atoms. The second-order valence-electron chi connectivity index (χ2n) is 8.41. The van der Waals surface area contributed by atoms with Crippen LogP contribution in [-0.4, -0.2) is 15.9 Å². The summed E-state index contributed by atoms with van der Waals surface area (Å²) >= 11 is 0. The highest BCUT2D eigenvalue weighted by molar-refractivity contribution is 6.05. The van der Waals surface area contributed by atoms with Crippen molar-refractivity contribution in [2.75, 3.05) is 0 Å². The van der Waals surface area contributed by atoms with Crippen molar-refractivity contribution < 1.29 is 14.3 Å². The van der Waals surface area contributed by atoms with Crippen LogP contribution >= 0.6 is 0 Å². The molecular formula is C27H26FNO2. The van der Waals surface area contributed by atoms with Gasteiger partial charge in [0, 0.05) is 12.1 Å². The van der Waals surface area contributed by atoms with E-state index in [9.17, 15) is 14.3 Å². The molecule has 1 aliphatic heterocycles. The number of aliphatic hydroxyl groups is 1. The molecule has 1 N–H and O–H groups in total. The Morgan fingerprint density at radius 3 is 2.13 bits per heavy atom. The first kappa shape index (κ1) is 20.9. The molecule has 0 spiro atoms. The Labute approximate surface area is 182 Å². The Kier molecular flexibility index (Phi) is 5.64. The monoisotopic (exact) mass is 415 g/mol. The van der Waals surface area contributed by atoms with E-state index >= 15 is 0 Å². The van der Waals surface area contributed by atoms with E-state index in [1.54, 1.807) is 17.0 Å². The van der Waals surface area contributed by atoms with Gasteiger partial charge in [-0.05, 0) is 47.2 Å². The zero-order valence-corrected chi connectivity index (χ0v) is 18.0. The minimum atomic E-state index is -0.429. The quantitative estimate of drug-likeness (QED) is 0.530. The minimum Gasteiger partial charge on any atom is -0.503 e.